The van der Waals surface area contributed by atoms with Gasteiger partial charge in [-0.15, -0.1) is 0 Å². The predicted octanol–water partition coefficient (Wildman–Crippen LogP) is 5.22. The summed E-state index contributed by atoms with van der Waals surface area (Å²) in [5.41, 5.74) is 6.35. The lowest BCUT2D eigenvalue weighted by Crippen LogP contribution is -2.32. The molecular weight excluding hydrogens is 372 g/mol. The summed E-state index contributed by atoms with van der Waals surface area (Å²) in [6.45, 7) is 2.97. The van der Waals surface area contributed by atoms with Gasteiger partial charge in [0.2, 0.25) is 0 Å². The number of aromatic amines is 2. The Balaban J connectivity index is 1.48. The fourth-order valence-corrected chi connectivity index (χ4v) is 4.80. The van der Waals surface area contributed by atoms with Crippen molar-refractivity contribution in [1.29, 1.82) is 0 Å². The molecule has 5 rings (SSSR count). The normalized spacial score (nSPS) is 15.5. The fraction of sp³-hybridized carbons (Fsp3) is 0.417. The van der Waals surface area contributed by atoms with Gasteiger partial charge in [0.05, 0.1) is 0 Å². The number of H-pyrrole nitrogens is 2. The molecule has 30 heavy (non-hydrogen) atoms. The number of imidazole rings is 1. The van der Waals surface area contributed by atoms with Crippen molar-refractivity contribution in [3.05, 3.63) is 41.7 Å². The first-order chi connectivity index (χ1) is 14.6. The van der Waals surface area contributed by atoms with Crippen molar-refractivity contribution in [2.75, 3.05) is 19.4 Å². The van der Waals surface area contributed by atoms with Gasteiger partial charge < -0.3 is 15.3 Å². The predicted molar refractivity (Wildman–Crippen MR) is 124 cm³/mol. The van der Waals surface area contributed by atoms with E-state index in [1.54, 1.807) is 0 Å². The topological polar surface area (TPSA) is 72.6 Å². The molecule has 1 saturated carbocycles. The fourth-order valence-electron chi connectivity index (χ4n) is 4.80. The first-order valence-electron chi connectivity index (χ1n) is 11.0. The summed E-state index contributed by atoms with van der Waals surface area (Å²) in [6.07, 6.45) is 6.81. The second-order valence-corrected chi connectivity index (χ2v) is 8.64. The number of fused-ring (bicyclic) bond motifs is 2. The van der Waals surface area contributed by atoms with Gasteiger partial charge in [-0.05, 0) is 56.6 Å². The van der Waals surface area contributed by atoms with Gasteiger partial charge in [-0.3, -0.25) is 4.90 Å². The van der Waals surface area contributed by atoms with E-state index in [9.17, 15) is 0 Å². The molecule has 1 aliphatic carbocycles. The number of aryl methyl sites for hydroxylation is 1. The molecule has 0 unspecified atom stereocenters. The van der Waals surface area contributed by atoms with Gasteiger partial charge in [0.1, 0.15) is 17.2 Å². The van der Waals surface area contributed by atoms with Crippen LogP contribution in [-0.2, 0) is 6.54 Å². The molecule has 3 aromatic heterocycles. The molecule has 0 spiro atoms. The zero-order chi connectivity index (χ0) is 20.7. The third kappa shape index (κ3) is 3.56. The Morgan fingerprint density at radius 1 is 1.07 bits per heavy atom. The van der Waals surface area contributed by atoms with Crippen LogP contribution < -0.4 is 5.32 Å². The lowest BCUT2D eigenvalue weighted by molar-refractivity contribution is 0.184. The highest BCUT2D eigenvalue weighted by Crippen LogP contribution is 2.31. The molecule has 6 heteroatoms. The van der Waals surface area contributed by atoms with Crippen LogP contribution in [0.5, 0.6) is 0 Å². The molecular formula is C24H30N6. The largest absolute Gasteiger partial charge is 0.373 e. The SMILES string of the molecule is CNc1cc(-c2cc3cc(CN(C)C4CCCCC4)ccc3[nH]2)c2nc(C)[nH]c2n1. The zero-order valence-corrected chi connectivity index (χ0v) is 18.0. The summed E-state index contributed by atoms with van der Waals surface area (Å²) < 4.78 is 0. The molecule has 0 atom stereocenters. The molecule has 0 radical (unpaired) electrons. The van der Waals surface area contributed by atoms with Crippen LogP contribution in [0.2, 0.25) is 0 Å². The second-order valence-electron chi connectivity index (χ2n) is 8.64. The van der Waals surface area contributed by atoms with Crippen molar-refractivity contribution in [3.8, 4) is 11.3 Å². The minimum absolute atomic E-state index is 0.726. The van der Waals surface area contributed by atoms with Crippen LogP contribution in [0.1, 0.15) is 43.5 Å². The summed E-state index contributed by atoms with van der Waals surface area (Å²) in [5, 5.41) is 4.39. The van der Waals surface area contributed by atoms with Gasteiger partial charge in [-0.25, -0.2) is 9.97 Å². The van der Waals surface area contributed by atoms with E-state index in [2.05, 4.69) is 67.5 Å². The first-order valence-corrected chi connectivity index (χ1v) is 11.0. The van der Waals surface area contributed by atoms with Crippen LogP contribution in [0.15, 0.2) is 30.3 Å². The van der Waals surface area contributed by atoms with Gasteiger partial charge in [0.25, 0.3) is 0 Å². The quantitative estimate of drug-likeness (QED) is 0.428. The number of pyridine rings is 1. The highest BCUT2D eigenvalue weighted by atomic mass is 15.1. The van der Waals surface area contributed by atoms with Crippen LogP contribution in [0.25, 0.3) is 33.3 Å². The molecule has 1 aliphatic rings. The van der Waals surface area contributed by atoms with E-state index < -0.39 is 0 Å². The lowest BCUT2D eigenvalue weighted by atomic mass is 9.94. The number of anilines is 1. The van der Waals surface area contributed by atoms with Crippen molar-refractivity contribution >= 4 is 27.9 Å². The van der Waals surface area contributed by atoms with Crippen molar-refractivity contribution < 1.29 is 0 Å². The molecule has 1 fully saturated rings. The minimum atomic E-state index is 0.726. The Bertz CT molecular complexity index is 1180. The maximum Gasteiger partial charge on any atom is 0.160 e. The van der Waals surface area contributed by atoms with Gasteiger partial charge in [0, 0.05) is 41.8 Å². The summed E-state index contributed by atoms with van der Waals surface area (Å²) in [6, 6.07) is 11.8. The number of hydrogen-bond donors (Lipinski definition) is 3. The van der Waals surface area contributed by atoms with E-state index in [1.807, 2.05) is 14.0 Å². The molecule has 6 nitrogen and oxygen atoms in total. The van der Waals surface area contributed by atoms with E-state index in [0.29, 0.717) is 0 Å². The number of rotatable bonds is 5. The van der Waals surface area contributed by atoms with Gasteiger partial charge in [0.15, 0.2) is 5.65 Å². The Kier molecular flexibility index (Phi) is 4.95. The minimum Gasteiger partial charge on any atom is -0.373 e. The Morgan fingerprint density at radius 3 is 2.70 bits per heavy atom. The number of nitrogens with one attached hydrogen (secondary N) is 3. The first kappa shape index (κ1) is 19.1. The van der Waals surface area contributed by atoms with Crippen molar-refractivity contribution in [2.45, 2.75) is 51.6 Å². The van der Waals surface area contributed by atoms with Gasteiger partial charge >= 0.3 is 0 Å². The highest BCUT2D eigenvalue weighted by molar-refractivity contribution is 5.95. The van der Waals surface area contributed by atoms with Crippen LogP contribution in [-0.4, -0.2) is 45.0 Å². The summed E-state index contributed by atoms with van der Waals surface area (Å²) in [5.74, 6) is 1.70. The molecule has 0 aliphatic heterocycles. The van der Waals surface area contributed by atoms with Crippen molar-refractivity contribution in [2.24, 2.45) is 0 Å². The molecule has 0 amide bonds. The van der Waals surface area contributed by atoms with E-state index in [0.717, 1.165) is 52.2 Å². The third-order valence-electron chi connectivity index (χ3n) is 6.43. The number of aromatic nitrogens is 4. The molecule has 156 valence electrons. The van der Waals surface area contributed by atoms with Crippen LogP contribution in [0.3, 0.4) is 0 Å². The zero-order valence-electron chi connectivity index (χ0n) is 18.0. The summed E-state index contributed by atoms with van der Waals surface area (Å²) in [4.78, 5) is 18.6. The van der Waals surface area contributed by atoms with E-state index in [-0.39, 0.29) is 0 Å². The average molecular weight is 403 g/mol. The van der Waals surface area contributed by atoms with Crippen molar-refractivity contribution in [1.82, 2.24) is 24.8 Å². The standard InChI is InChI=1S/C24H30N6/c1-15-26-23-19(13-22(25-2)29-24(23)27-15)21-12-17-11-16(9-10-20(17)28-21)14-30(3)18-7-5-4-6-8-18/h9-13,18,28H,4-8,14H2,1-3H3,(H2,25,26,27,29). The lowest BCUT2D eigenvalue weighted by Gasteiger charge is -2.31. The van der Waals surface area contributed by atoms with Crippen LogP contribution >= 0.6 is 0 Å². The molecule has 3 heterocycles. The Labute approximate surface area is 177 Å². The molecule has 1 aromatic carbocycles. The molecule has 0 bridgehead atoms. The number of hydrogen-bond acceptors (Lipinski definition) is 4. The van der Waals surface area contributed by atoms with E-state index in [4.69, 9.17) is 0 Å². The smallest absolute Gasteiger partial charge is 0.160 e. The third-order valence-corrected chi connectivity index (χ3v) is 6.43. The van der Waals surface area contributed by atoms with E-state index in [1.165, 1.54) is 43.1 Å². The Hall–Kier alpha value is -2.86. The second kappa shape index (κ2) is 7.76. The molecule has 4 aromatic rings. The maximum atomic E-state index is 4.67. The van der Waals surface area contributed by atoms with Gasteiger partial charge in [-0.1, -0.05) is 25.3 Å². The molecule has 0 saturated heterocycles. The number of nitrogens with zero attached hydrogens (tertiary/aromatic N) is 3. The monoisotopic (exact) mass is 402 g/mol. The number of benzene rings is 1. The highest BCUT2D eigenvalue weighted by Gasteiger charge is 2.18. The van der Waals surface area contributed by atoms with Gasteiger partial charge in [-0.2, -0.15) is 0 Å². The van der Waals surface area contributed by atoms with E-state index >= 15 is 0 Å². The summed E-state index contributed by atoms with van der Waals surface area (Å²) in [7, 11) is 4.16. The Morgan fingerprint density at radius 2 is 1.90 bits per heavy atom. The van der Waals surface area contributed by atoms with Crippen molar-refractivity contribution in [3.63, 3.8) is 0 Å². The summed E-state index contributed by atoms with van der Waals surface area (Å²) >= 11 is 0. The maximum absolute atomic E-state index is 4.67. The average Bonchev–Trinajstić information content (AvgIpc) is 3.35. The van der Waals surface area contributed by atoms with Crippen LogP contribution in [0.4, 0.5) is 5.82 Å². The molecule has 3 N–H and O–H groups in total. The van der Waals surface area contributed by atoms with Crippen LogP contribution in [0, 0.1) is 6.92 Å².